The number of nitro benzene ring substituents is 1. The van der Waals surface area contributed by atoms with Gasteiger partial charge in [0.15, 0.2) is 0 Å². The van der Waals surface area contributed by atoms with Crippen molar-refractivity contribution >= 4 is 23.3 Å². The molecule has 0 saturated heterocycles. The van der Waals surface area contributed by atoms with Gasteiger partial charge in [-0.1, -0.05) is 12.1 Å². The van der Waals surface area contributed by atoms with Gasteiger partial charge in [0.05, 0.1) is 11.5 Å². The van der Waals surface area contributed by atoms with Crippen LogP contribution < -0.4 is 10.6 Å². The molecule has 0 atom stereocenters. The number of aryl methyl sites for hydroxylation is 1. The van der Waals surface area contributed by atoms with Crippen LogP contribution in [0.2, 0.25) is 0 Å². The van der Waals surface area contributed by atoms with E-state index in [2.05, 4.69) is 10.6 Å². The van der Waals surface area contributed by atoms with Crippen LogP contribution in [0.1, 0.15) is 5.56 Å². The number of nitro groups is 1. The van der Waals surface area contributed by atoms with Crippen molar-refractivity contribution in [2.75, 3.05) is 18.4 Å². The summed E-state index contributed by atoms with van der Waals surface area (Å²) in [5.74, 6) is -1.71. The van der Waals surface area contributed by atoms with Gasteiger partial charge in [-0.3, -0.25) is 19.7 Å². The quantitative estimate of drug-likeness (QED) is 0.510. The van der Waals surface area contributed by atoms with Crippen LogP contribution >= 0.6 is 0 Å². The molecule has 102 valence electrons. The van der Waals surface area contributed by atoms with Crippen LogP contribution in [-0.4, -0.2) is 35.0 Å². The average Bonchev–Trinajstić information content (AvgIpc) is 2.34. The number of rotatable bonds is 6. The maximum Gasteiger partial charge on any atom is 0.322 e. The minimum Gasteiger partial charge on any atom is -0.480 e. The van der Waals surface area contributed by atoms with Gasteiger partial charge in [-0.15, -0.1) is 0 Å². The molecule has 19 heavy (non-hydrogen) atoms. The molecule has 0 radical (unpaired) electrons. The Labute approximate surface area is 108 Å². The first-order valence-electron chi connectivity index (χ1n) is 5.38. The normalized spacial score (nSPS) is 9.74. The van der Waals surface area contributed by atoms with Gasteiger partial charge in [-0.2, -0.15) is 0 Å². The molecule has 1 aromatic rings. The highest BCUT2D eigenvalue weighted by molar-refractivity contribution is 5.85. The standard InChI is InChI=1S/C11H13N3O5/c1-7-3-2-4-8(14(18)19)11(7)13-5-9(15)12-6-10(16)17/h2-4,13H,5-6H2,1H3,(H,12,15)(H,16,17). The second kappa shape index (κ2) is 6.34. The Hall–Kier alpha value is -2.64. The van der Waals surface area contributed by atoms with Crippen molar-refractivity contribution < 1.29 is 19.6 Å². The Morgan fingerprint density at radius 3 is 2.63 bits per heavy atom. The molecule has 3 N–H and O–H groups in total. The van der Waals surface area contributed by atoms with Crippen molar-refractivity contribution in [2.24, 2.45) is 0 Å². The molecule has 8 heteroatoms. The first-order chi connectivity index (χ1) is 8.91. The van der Waals surface area contributed by atoms with Gasteiger partial charge < -0.3 is 15.7 Å². The van der Waals surface area contributed by atoms with E-state index < -0.39 is 23.3 Å². The number of anilines is 1. The van der Waals surface area contributed by atoms with Crippen LogP contribution in [0.5, 0.6) is 0 Å². The fourth-order valence-electron chi connectivity index (χ4n) is 1.44. The van der Waals surface area contributed by atoms with E-state index in [9.17, 15) is 19.7 Å². The van der Waals surface area contributed by atoms with E-state index >= 15 is 0 Å². The molecule has 0 fully saturated rings. The van der Waals surface area contributed by atoms with Crippen molar-refractivity contribution in [2.45, 2.75) is 6.92 Å². The predicted molar refractivity (Wildman–Crippen MR) is 67.0 cm³/mol. The van der Waals surface area contributed by atoms with Gasteiger partial charge in [0.25, 0.3) is 5.69 Å². The highest BCUT2D eigenvalue weighted by atomic mass is 16.6. The van der Waals surface area contributed by atoms with Gasteiger partial charge in [-0.25, -0.2) is 0 Å². The van der Waals surface area contributed by atoms with E-state index in [0.717, 1.165) is 0 Å². The molecule has 1 rings (SSSR count). The Morgan fingerprint density at radius 1 is 1.37 bits per heavy atom. The predicted octanol–water partition coefficient (Wildman–Crippen LogP) is 0.516. The van der Waals surface area contributed by atoms with Gasteiger partial charge in [0, 0.05) is 6.07 Å². The van der Waals surface area contributed by atoms with Gasteiger partial charge in [-0.05, 0) is 12.5 Å². The number of hydrogen-bond donors (Lipinski definition) is 3. The molecule has 0 heterocycles. The summed E-state index contributed by atoms with van der Waals surface area (Å²) in [6, 6.07) is 4.54. The second-order valence-electron chi connectivity index (χ2n) is 3.75. The zero-order valence-corrected chi connectivity index (χ0v) is 10.2. The van der Waals surface area contributed by atoms with Crippen LogP contribution in [0, 0.1) is 17.0 Å². The van der Waals surface area contributed by atoms with Crippen LogP contribution in [0.15, 0.2) is 18.2 Å². The maximum absolute atomic E-state index is 11.3. The number of carboxylic acid groups (broad SMARTS) is 1. The summed E-state index contributed by atoms with van der Waals surface area (Å²) in [6.07, 6.45) is 0. The first kappa shape index (κ1) is 14.4. The number of carbonyl (C=O) groups excluding carboxylic acids is 1. The highest BCUT2D eigenvalue weighted by Gasteiger charge is 2.16. The van der Waals surface area contributed by atoms with Crippen LogP contribution in [-0.2, 0) is 9.59 Å². The molecule has 1 aromatic carbocycles. The number of amides is 1. The molecule has 0 aliphatic rings. The monoisotopic (exact) mass is 267 g/mol. The van der Waals surface area contributed by atoms with Gasteiger partial charge in [0.2, 0.25) is 5.91 Å². The Morgan fingerprint density at radius 2 is 2.05 bits per heavy atom. The molecule has 0 aromatic heterocycles. The lowest BCUT2D eigenvalue weighted by atomic mass is 10.1. The lowest BCUT2D eigenvalue weighted by Gasteiger charge is -2.09. The third-order valence-corrected chi connectivity index (χ3v) is 2.31. The first-order valence-corrected chi connectivity index (χ1v) is 5.38. The van der Waals surface area contributed by atoms with E-state index in [1.807, 2.05) is 0 Å². The molecule has 1 amide bonds. The number of benzene rings is 1. The van der Waals surface area contributed by atoms with E-state index in [0.29, 0.717) is 5.56 Å². The number of aliphatic carboxylic acids is 1. The molecular weight excluding hydrogens is 254 g/mol. The van der Waals surface area contributed by atoms with Crippen LogP contribution in [0.25, 0.3) is 0 Å². The molecule has 0 spiro atoms. The summed E-state index contributed by atoms with van der Waals surface area (Å²) in [5.41, 5.74) is 0.740. The average molecular weight is 267 g/mol. The molecule has 8 nitrogen and oxygen atoms in total. The summed E-state index contributed by atoms with van der Waals surface area (Å²) < 4.78 is 0. The second-order valence-corrected chi connectivity index (χ2v) is 3.75. The minimum atomic E-state index is -1.16. The molecule has 0 aliphatic carbocycles. The van der Waals surface area contributed by atoms with Crippen molar-refractivity contribution in [3.63, 3.8) is 0 Å². The van der Waals surface area contributed by atoms with E-state index in [1.165, 1.54) is 6.07 Å². The highest BCUT2D eigenvalue weighted by Crippen LogP contribution is 2.27. The van der Waals surface area contributed by atoms with Crippen molar-refractivity contribution in [1.29, 1.82) is 0 Å². The zero-order chi connectivity index (χ0) is 14.4. The third kappa shape index (κ3) is 4.26. The summed E-state index contributed by atoms with van der Waals surface area (Å²) in [7, 11) is 0. The zero-order valence-electron chi connectivity index (χ0n) is 10.2. The molecule has 0 unspecified atom stereocenters. The number of nitrogens with one attached hydrogen (secondary N) is 2. The SMILES string of the molecule is Cc1cccc([N+](=O)[O-])c1NCC(=O)NCC(=O)O. The molecule has 0 bridgehead atoms. The lowest BCUT2D eigenvalue weighted by molar-refractivity contribution is -0.384. The smallest absolute Gasteiger partial charge is 0.322 e. The summed E-state index contributed by atoms with van der Waals surface area (Å²) >= 11 is 0. The fourth-order valence-corrected chi connectivity index (χ4v) is 1.44. The maximum atomic E-state index is 11.3. The van der Waals surface area contributed by atoms with Gasteiger partial charge in [0.1, 0.15) is 12.2 Å². The third-order valence-electron chi connectivity index (χ3n) is 2.31. The largest absolute Gasteiger partial charge is 0.480 e. The number of para-hydroxylation sites is 1. The number of hydrogen-bond acceptors (Lipinski definition) is 5. The number of nitrogens with zero attached hydrogens (tertiary/aromatic N) is 1. The minimum absolute atomic E-state index is 0.133. The number of carbonyl (C=O) groups is 2. The summed E-state index contributed by atoms with van der Waals surface area (Å²) in [6.45, 7) is 0.944. The molecule has 0 aliphatic heterocycles. The van der Waals surface area contributed by atoms with Crippen LogP contribution in [0.4, 0.5) is 11.4 Å². The van der Waals surface area contributed by atoms with E-state index in [-0.39, 0.29) is 17.9 Å². The van der Waals surface area contributed by atoms with E-state index in [1.54, 1.807) is 19.1 Å². The Balaban J connectivity index is 2.70. The lowest BCUT2D eigenvalue weighted by Crippen LogP contribution is -2.34. The summed E-state index contributed by atoms with van der Waals surface area (Å²) in [5, 5.41) is 24.0. The van der Waals surface area contributed by atoms with Crippen LogP contribution in [0.3, 0.4) is 0 Å². The van der Waals surface area contributed by atoms with Crippen molar-refractivity contribution in [3.05, 3.63) is 33.9 Å². The van der Waals surface area contributed by atoms with E-state index in [4.69, 9.17) is 5.11 Å². The van der Waals surface area contributed by atoms with Crippen molar-refractivity contribution in [3.8, 4) is 0 Å². The Kier molecular flexibility index (Phi) is 4.81. The number of carboxylic acids is 1. The van der Waals surface area contributed by atoms with Gasteiger partial charge >= 0.3 is 5.97 Å². The summed E-state index contributed by atoms with van der Waals surface area (Å²) in [4.78, 5) is 31.8. The molecule has 0 saturated carbocycles. The van der Waals surface area contributed by atoms with Crippen molar-refractivity contribution in [1.82, 2.24) is 5.32 Å². The fraction of sp³-hybridized carbons (Fsp3) is 0.273. The Bertz CT molecular complexity index is 515. The topological polar surface area (TPSA) is 122 Å². The molecular formula is C11H13N3O5.